The zero-order valence-corrected chi connectivity index (χ0v) is 16.2. The highest BCUT2D eigenvalue weighted by molar-refractivity contribution is 7.89. The first-order valence-corrected chi connectivity index (χ1v) is 10.3. The van der Waals surface area contributed by atoms with Crippen molar-refractivity contribution < 1.29 is 30.8 Å². The van der Waals surface area contributed by atoms with Gasteiger partial charge in [-0.2, -0.15) is 13.2 Å². The topological polar surface area (TPSA) is 105 Å². The van der Waals surface area contributed by atoms with E-state index in [0.717, 1.165) is 12.1 Å². The van der Waals surface area contributed by atoms with Gasteiger partial charge in [-0.05, 0) is 48.9 Å². The number of anilines is 2. The van der Waals surface area contributed by atoms with Crippen molar-refractivity contribution in [2.75, 3.05) is 23.3 Å². The van der Waals surface area contributed by atoms with Crippen LogP contribution in [0.15, 0.2) is 47.4 Å². The van der Waals surface area contributed by atoms with Gasteiger partial charge in [0.1, 0.15) is 5.82 Å². The number of amides is 2. The normalized spacial score (nSPS) is 17.1. The first kappa shape index (κ1) is 21.8. The van der Waals surface area contributed by atoms with Gasteiger partial charge in [0.25, 0.3) is 0 Å². The van der Waals surface area contributed by atoms with Crippen LogP contribution in [0.4, 0.5) is 33.7 Å². The predicted octanol–water partition coefficient (Wildman–Crippen LogP) is 2.89. The maximum atomic E-state index is 13.3. The Morgan fingerprint density at radius 2 is 1.80 bits per heavy atom. The quantitative estimate of drug-likeness (QED) is 0.628. The Morgan fingerprint density at radius 1 is 1.13 bits per heavy atom. The standard InChI is InChI=1S/C18H18F4N4O3S/c19-11-1-3-12(4-2-11)24-17(27)25-13-7-8-26(10-13)14-5-6-16(30(23,28)29)15(9-14)18(20,21)22/h1-6,9,13H,7-8,10H2,(H2,23,28,29)(H2,24,25,27). The van der Waals surface area contributed by atoms with Crippen LogP contribution in [-0.4, -0.2) is 33.6 Å². The molecule has 0 aliphatic carbocycles. The molecular formula is C18H18F4N4O3S. The van der Waals surface area contributed by atoms with E-state index in [1.165, 1.54) is 30.3 Å². The van der Waals surface area contributed by atoms with Crippen molar-refractivity contribution in [1.29, 1.82) is 0 Å². The highest BCUT2D eigenvalue weighted by atomic mass is 32.2. The third kappa shape index (κ3) is 5.19. The zero-order chi connectivity index (χ0) is 22.1. The number of benzene rings is 2. The van der Waals surface area contributed by atoms with Gasteiger partial charge in [0.2, 0.25) is 10.0 Å². The Morgan fingerprint density at radius 3 is 2.40 bits per heavy atom. The lowest BCUT2D eigenvalue weighted by molar-refractivity contribution is -0.139. The van der Waals surface area contributed by atoms with Crippen molar-refractivity contribution in [1.82, 2.24) is 5.32 Å². The number of hydrogen-bond donors (Lipinski definition) is 3. The van der Waals surface area contributed by atoms with E-state index < -0.39 is 38.5 Å². The summed E-state index contributed by atoms with van der Waals surface area (Å²) in [4.78, 5) is 12.7. The minimum Gasteiger partial charge on any atom is -0.369 e. The lowest BCUT2D eigenvalue weighted by Crippen LogP contribution is -2.39. The van der Waals surface area contributed by atoms with Gasteiger partial charge in [0.15, 0.2) is 0 Å². The smallest absolute Gasteiger partial charge is 0.369 e. The Kier molecular flexibility index (Phi) is 5.90. The van der Waals surface area contributed by atoms with Gasteiger partial charge < -0.3 is 15.5 Å². The van der Waals surface area contributed by atoms with E-state index in [0.29, 0.717) is 18.7 Å². The summed E-state index contributed by atoms with van der Waals surface area (Å²) in [5.74, 6) is -0.445. The number of sulfonamides is 1. The summed E-state index contributed by atoms with van der Waals surface area (Å²) in [6.07, 6.45) is -4.43. The number of primary sulfonamides is 1. The first-order chi connectivity index (χ1) is 13.9. The average Bonchev–Trinajstić information content (AvgIpc) is 3.10. The highest BCUT2D eigenvalue weighted by Crippen LogP contribution is 2.36. The predicted molar refractivity (Wildman–Crippen MR) is 102 cm³/mol. The molecule has 1 saturated heterocycles. The highest BCUT2D eigenvalue weighted by Gasteiger charge is 2.37. The molecule has 30 heavy (non-hydrogen) atoms. The minimum absolute atomic E-state index is 0.165. The average molecular weight is 446 g/mol. The van der Waals surface area contributed by atoms with Gasteiger partial charge in [-0.15, -0.1) is 0 Å². The largest absolute Gasteiger partial charge is 0.417 e. The second kappa shape index (κ2) is 8.11. The molecule has 1 aliphatic heterocycles. The number of carbonyl (C=O) groups is 1. The van der Waals surface area contributed by atoms with E-state index in [4.69, 9.17) is 5.14 Å². The van der Waals surface area contributed by atoms with Crippen molar-refractivity contribution in [3.8, 4) is 0 Å². The molecule has 7 nitrogen and oxygen atoms in total. The first-order valence-electron chi connectivity index (χ1n) is 8.75. The van der Waals surface area contributed by atoms with Crippen LogP contribution >= 0.6 is 0 Å². The van der Waals surface area contributed by atoms with Crippen LogP contribution in [0.2, 0.25) is 0 Å². The molecule has 1 unspecified atom stereocenters. The zero-order valence-electron chi connectivity index (χ0n) is 15.4. The van der Waals surface area contributed by atoms with Crippen molar-refractivity contribution in [3.63, 3.8) is 0 Å². The molecular weight excluding hydrogens is 428 g/mol. The third-order valence-electron chi connectivity index (χ3n) is 4.57. The molecule has 2 aromatic rings. The molecule has 4 N–H and O–H groups in total. The molecule has 3 rings (SSSR count). The number of hydrogen-bond acceptors (Lipinski definition) is 4. The number of carbonyl (C=O) groups excluding carboxylic acids is 1. The fourth-order valence-electron chi connectivity index (χ4n) is 3.18. The fourth-order valence-corrected chi connectivity index (χ4v) is 3.92. The van der Waals surface area contributed by atoms with Crippen LogP contribution in [0.5, 0.6) is 0 Å². The molecule has 0 saturated carbocycles. The number of urea groups is 1. The van der Waals surface area contributed by atoms with Crippen LogP contribution in [-0.2, 0) is 16.2 Å². The van der Waals surface area contributed by atoms with Crippen molar-refractivity contribution in [3.05, 3.63) is 53.8 Å². The van der Waals surface area contributed by atoms with E-state index in [-0.39, 0.29) is 18.3 Å². The molecule has 1 aliphatic rings. The summed E-state index contributed by atoms with van der Waals surface area (Å²) in [6.45, 7) is 0.580. The van der Waals surface area contributed by atoms with Crippen molar-refractivity contribution >= 4 is 27.4 Å². The van der Waals surface area contributed by atoms with Gasteiger partial charge in [-0.25, -0.2) is 22.7 Å². The van der Waals surface area contributed by atoms with E-state index >= 15 is 0 Å². The molecule has 0 aromatic heterocycles. The van der Waals surface area contributed by atoms with Crippen LogP contribution in [0.1, 0.15) is 12.0 Å². The molecule has 12 heteroatoms. The van der Waals surface area contributed by atoms with E-state index in [1.807, 2.05) is 0 Å². The summed E-state index contributed by atoms with van der Waals surface area (Å²) in [5.41, 5.74) is -0.789. The van der Waals surface area contributed by atoms with Gasteiger partial charge in [-0.1, -0.05) is 0 Å². The minimum atomic E-state index is -4.90. The number of nitrogens with one attached hydrogen (secondary N) is 2. The Balaban J connectivity index is 1.69. The second-order valence-electron chi connectivity index (χ2n) is 6.76. The summed E-state index contributed by atoms with van der Waals surface area (Å²) in [5, 5.41) is 10.1. The van der Waals surface area contributed by atoms with Crippen LogP contribution in [0, 0.1) is 5.82 Å². The summed E-state index contributed by atoms with van der Waals surface area (Å²) >= 11 is 0. The summed E-state index contributed by atoms with van der Waals surface area (Å²) < 4.78 is 75.7. The molecule has 0 spiro atoms. The molecule has 0 radical (unpaired) electrons. The lowest BCUT2D eigenvalue weighted by atomic mass is 10.2. The number of nitrogens with two attached hydrogens (primary N) is 1. The maximum Gasteiger partial charge on any atom is 0.417 e. The Labute approximate surface area is 169 Å². The fraction of sp³-hybridized carbons (Fsp3) is 0.278. The molecule has 2 aromatic carbocycles. The maximum absolute atomic E-state index is 13.3. The van der Waals surface area contributed by atoms with E-state index in [9.17, 15) is 30.8 Å². The van der Waals surface area contributed by atoms with E-state index in [2.05, 4.69) is 10.6 Å². The SMILES string of the molecule is NS(=O)(=O)c1ccc(N2CCC(NC(=O)Nc3ccc(F)cc3)C2)cc1C(F)(F)F. The number of halogens is 4. The van der Waals surface area contributed by atoms with Crippen LogP contribution < -0.4 is 20.7 Å². The Hall–Kier alpha value is -2.86. The third-order valence-corrected chi connectivity index (χ3v) is 5.53. The van der Waals surface area contributed by atoms with Gasteiger partial charge in [-0.3, -0.25) is 0 Å². The van der Waals surface area contributed by atoms with Gasteiger partial charge >= 0.3 is 12.2 Å². The van der Waals surface area contributed by atoms with Crippen molar-refractivity contribution in [2.24, 2.45) is 5.14 Å². The second-order valence-corrected chi connectivity index (χ2v) is 8.29. The van der Waals surface area contributed by atoms with E-state index in [1.54, 1.807) is 4.90 Å². The van der Waals surface area contributed by atoms with Gasteiger partial charge in [0, 0.05) is 30.5 Å². The molecule has 0 bridgehead atoms. The number of nitrogens with zero attached hydrogens (tertiary/aromatic N) is 1. The molecule has 1 heterocycles. The monoisotopic (exact) mass is 446 g/mol. The molecule has 1 fully saturated rings. The van der Waals surface area contributed by atoms with Crippen LogP contribution in [0.3, 0.4) is 0 Å². The number of alkyl halides is 3. The summed E-state index contributed by atoms with van der Waals surface area (Å²) in [7, 11) is -4.54. The van der Waals surface area contributed by atoms with Crippen LogP contribution in [0.25, 0.3) is 0 Å². The molecule has 1 atom stereocenters. The lowest BCUT2D eigenvalue weighted by Gasteiger charge is -2.21. The molecule has 2 amide bonds. The van der Waals surface area contributed by atoms with Gasteiger partial charge in [0.05, 0.1) is 10.5 Å². The molecule has 162 valence electrons. The summed E-state index contributed by atoms with van der Waals surface area (Å²) in [6, 6.07) is 7.09. The Bertz CT molecular complexity index is 1040. The van der Waals surface area contributed by atoms with Crippen molar-refractivity contribution in [2.45, 2.75) is 23.5 Å². The number of rotatable bonds is 4.